The summed E-state index contributed by atoms with van der Waals surface area (Å²) in [7, 11) is 3.94. The molecule has 0 fully saturated rings. The first-order chi connectivity index (χ1) is 9.01. The second-order valence-electron chi connectivity index (χ2n) is 4.43. The van der Waals surface area contributed by atoms with Crippen LogP contribution in [0.25, 0.3) is 12.2 Å². The highest BCUT2D eigenvalue weighted by Gasteiger charge is 2.10. The highest BCUT2D eigenvalue weighted by atomic mass is 16.5. The van der Waals surface area contributed by atoms with Crippen LogP contribution in [0.15, 0.2) is 30.4 Å². The van der Waals surface area contributed by atoms with Crippen LogP contribution >= 0.6 is 0 Å². The van der Waals surface area contributed by atoms with Crippen LogP contribution in [0.1, 0.15) is 25.0 Å². The van der Waals surface area contributed by atoms with Crippen LogP contribution in [0.3, 0.4) is 0 Å². The standard InChI is InChI=1S/C16H21NO2/c1-6-13-9-8-10-14(15(13)17(4)5)11-12(3)16(18)19-7-2/h6,8-11H,1,7H2,2-5H3/b12-11+. The number of benzene rings is 1. The second kappa shape index (κ2) is 6.78. The molecule has 102 valence electrons. The summed E-state index contributed by atoms with van der Waals surface area (Å²) in [6, 6.07) is 5.93. The number of nitrogens with zero attached hydrogens (tertiary/aromatic N) is 1. The quantitative estimate of drug-likeness (QED) is 0.600. The molecule has 0 amide bonds. The molecule has 0 unspecified atom stereocenters. The molecule has 1 aromatic carbocycles. The van der Waals surface area contributed by atoms with Gasteiger partial charge in [0.05, 0.1) is 12.3 Å². The number of rotatable bonds is 5. The van der Waals surface area contributed by atoms with Gasteiger partial charge in [-0.3, -0.25) is 0 Å². The van der Waals surface area contributed by atoms with Crippen molar-refractivity contribution in [2.24, 2.45) is 0 Å². The van der Waals surface area contributed by atoms with Gasteiger partial charge in [0.15, 0.2) is 0 Å². The van der Waals surface area contributed by atoms with Crippen molar-refractivity contribution < 1.29 is 9.53 Å². The summed E-state index contributed by atoms with van der Waals surface area (Å²) < 4.78 is 4.99. The summed E-state index contributed by atoms with van der Waals surface area (Å²) in [6.07, 6.45) is 3.66. The van der Waals surface area contributed by atoms with Gasteiger partial charge in [-0.25, -0.2) is 4.79 Å². The first-order valence-electron chi connectivity index (χ1n) is 6.29. The Kier molecular flexibility index (Phi) is 5.37. The summed E-state index contributed by atoms with van der Waals surface area (Å²) in [6.45, 7) is 7.77. The minimum Gasteiger partial charge on any atom is -0.463 e. The maximum absolute atomic E-state index is 11.7. The average Bonchev–Trinajstić information content (AvgIpc) is 2.38. The summed E-state index contributed by atoms with van der Waals surface area (Å²) in [4.78, 5) is 13.7. The van der Waals surface area contributed by atoms with E-state index in [1.54, 1.807) is 13.8 Å². The Bertz CT molecular complexity index is 501. The number of anilines is 1. The van der Waals surface area contributed by atoms with Crippen LogP contribution in [0.2, 0.25) is 0 Å². The monoisotopic (exact) mass is 259 g/mol. The predicted molar refractivity (Wildman–Crippen MR) is 81.1 cm³/mol. The molecule has 1 rings (SSSR count). The zero-order valence-corrected chi connectivity index (χ0v) is 12.1. The molecule has 0 aliphatic rings. The zero-order valence-electron chi connectivity index (χ0n) is 12.1. The maximum atomic E-state index is 11.7. The van der Waals surface area contributed by atoms with E-state index in [2.05, 4.69) is 6.58 Å². The molecule has 0 spiro atoms. The number of ether oxygens (including phenoxy) is 1. The van der Waals surface area contributed by atoms with E-state index in [1.165, 1.54) is 0 Å². The molecule has 3 heteroatoms. The van der Waals surface area contributed by atoms with E-state index < -0.39 is 0 Å². The number of carbonyl (C=O) groups excluding carboxylic acids is 1. The fraction of sp³-hybridized carbons (Fsp3) is 0.312. The molecule has 0 aliphatic carbocycles. The smallest absolute Gasteiger partial charge is 0.333 e. The molecule has 19 heavy (non-hydrogen) atoms. The molecular formula is C16H21NO2. The molecule has 0 bridgehead atoms. The predicted octanol–water partition coefficient (Wildman–Crippen LogP) is 3.36. The fourth-order valence-corrected chi connectivity index (χ4v) is 1.91. The van der Waals surface area contributed by atoms with Gasteiger partial charge in [0.25, 0.3) is 0 Å². The van der Waals surface area contributed by atoms with Crippen molar-refractivity contribution in [3.8, 4) is 0 Å². The summed E-state index contributed by atoms with van der Waals surface area (Å²) in [5.41, 5.74) is 3.65. The van der Waals surface area contributed by atoms with Gasteiger partial charge >= 0.3 is 5.97 Å². The van der Waals surface area contributed by atoms with Crippen LogP contribution in [0, 0.1) is 0 Å². The normalized spacial score (nSPS) is 11.1. The van der Waals surface area contributed by atoms with Crippen molar-refractivity contribution in [2.45, 2.75) is 13.8 Å². The second-order valence-corrected chi connectivity index (χ2v) is 4.43. The molecule has 1 aromatic rings. The first-order valence-corrected chi connectivity index (χ1v) is 6.29. The lowest BCUT2D eigenvalue weighted by Gasteiger charge is -2.19. The van der Waals surface area contributed by atoms with E-state index in [9.17, 15) is 4.79 Å². The lowest BCUT2D eigenvalue weighted by atomic mass is 10.0. The third kappa shape index (κ3) is 3.71. The van der Waals surface area contributed by atoms with Crippen molar-refractivity contribution in [3.05, 3.63) is 41.5 Å². The Labute approximate surface area is 115 Å². The van der Waals surface area contributed by atoms with Crippen LogP contribution in [-0.4, -0.2) is 26.7 Å². The van der Waals surface area contributed by atoms with E-state index >= 15 is 0 Å². The summed E-state index contributed by atoms with van der Waals surface area (Å²) >= 11 is 0. The topological polar surface area (TPSA) is 29.5 Å². The Balaban J connectivity index is 3.24. The van der Waals surface area contributed by atoms with Crippen molar-refractivity contribution >= 4 is 23.8 Å². The lowest BCUT2D eigenvalue weighted by Crippen LogP contribution is -2.12. The van der Waals surface area contributed by atoms with Gasteiger partial charge in [0, 0.05) is 19.7 Å². The number of carbonyl (C=O) groups is 1. The Morgan fingerprint density at radius 2 is 2.00 bits per heavy atom. The molecule has 0 heterocycles. The first kappa shape index (κ1) is 15.0. The van der Waals surface area contributed by atoms with E-state index in [4.69, 9.17) is 4.74 Å². The third-order valence-electron chi connectivity index (χ3n) is 2.73. The van der Waals surface area contributed by atoms with E-state index in [0.717, 1.165) is 16.8 Å². The minimum absolute atomic E-state index is 0.281. The van der Waals surface area contributed by atoms with Crippen molar-refractivity contribution in [3.63, 3.8) is 0 Å². The van der Waals surface area contributed by atoms with Gasteiger partial charge in [0.2, 0.25) is 0 Å². The number of para-hydroxylation sites is 1. The molecule has 0 radical (unpaired) electrons. The number of hydrogen-bond donors (Lipinski definition) is 0. The van der Waals surface area contributed by atoms with Crippen LogP contribution < -0.4 is 4.90 Å². The van der Waals surface area contributed by atoms with Crippen LogP contribution in [0.4, 0.5) is 5.69 Å². The third-order valence-corrected chi connectivity index (χ3v) is 2.73. The Hall–Kier alpha value is -2.03. The Morgan fingerprint density at radius 3 is 2.53 bits per heavy atom. The zero-order chi connectivity index (χ0) is 14.4. The maximum Gasteiger partial charge on any atom is 0.333 e. The van der Waals surface area contributed by atoms with Gasteiger partial charge < -0.3 is 9.64 Å². The van der Waals surface area contributed by atoms with Gasteiger partial charge in [-0.2, -0.15) is 0 Å². The van der Waals surface area contributed by atoms with Gasteiger partial charge in [-0.15, -0.1) is 0 Å². The molecule has 0 saturated carbocycles. The molecule has 0 atom stereocenters. The van der Waals surface area contributed by atoms with Gasteiger partial charge in [-0.1, -0.05) is 30.9 Å². The summed E-state index contributed by atoms with van der Waals surface area (Å²) in [5, 5.41) is 0. The summed E-state index contributed by atoms with van der Waals surface area (Å²) in [5.74, 6) is -0.281. The SMILES string of the molecule is C=Cc1cccc(/C=C(\C)C(=O)OCC)c1N(C)C. The lowest BCUT2D eigenvalue weighted by molar-refractivity contribution is -0.138. The highest BCUT2D eigenvalue weighted by Crippen LogP contribution is 2.27. The van der Waals surface area contributed by atoms with Gasteiger partial charge in [0.1, 0.15) is 0 Å². The van der Waals surface area contributed by atoms with Crippen LogP contribution in [-0.2, 0) is 9.53 Å². The van der Waals surface area contributed by atoms with E-state index in [0.29, 0.717) is 12.2 Å². The van der Waals surface area contributed by atoms with Crippen molar-refractivity contribution in [2.75, 3.05) is 25.6 Å². The van der Waals surface area contributed by atoms with Crippen molar-refractivity contribution in [1.82, 2.24) is 0 Å². The van der Waals surface area contributed by atoms with E-state index in [-0.39, 0.29) is 5.97 Å². The molecule has 0 N–H and O–H groups in total. The molecular weight excluding hydrogens is 238 g/mol. The molecule has 3 nitrogen and oxygen atoms in total. The minimum atomic E-state index is -0.281. The van der Waals surface area contributed by atoms with E-state index in [1.807, 2.05) is 49.3 Å². The highest BCUT2D eigenvalue weighted by molar-refractivity contribution is 5.94. The van der Waals surface area contributed by atoms with Gasteiger partial charge in [-0.05, 0) is 31.1 Å². The van der Waals surface area contributed by atoms with Crippen LogP contribution in [0.5, 0.6) is 0 Å². The molecule has 0 saturated heterocycles. The fourth-order valence-electron chi connectivity index (χ4n) is 1.91. The molecule has 0 aliphatic heterocycles. The Morgan fingerprint density at radius 1 is 1.37 bits per heavy atom. The molecule has 0 aromatic heterocycles. The largest absolute Gasteiger partial charge is 0.463 e. The average molecular weight is 259 g/mol. The number of esters is 1. The van der Waals surface area contributed by atoms with Crippen molar-refractivity contribution in [1.29, 1.82) is 0 Å². The number of hydrogen-bond acceptors (Lipinski definition) is 3.